The Balaban J connectivity index is 2.33. The van der Waals surface area contributed by atoms with Gasteiger partial charge in [-0.3, -0.25) is 0 Å². The molecule has 0 radical (unpaired) electrons. The van der Waals surface area contributed by atoms with Gasteiger partial charge in [0.2, 0.25) is 0 Å². The molecule has 1 saturated heterocycles. The highest BCUT2D eigenvalue weighted by Crippen LogP contribution is 2.28. The van der Waals surface area contributed by atoms with Gasteiger partial charge in [-0.1, -0.05) is 28.9 Å². The molecule has 1 heterocycles. The number of aryl methyl sites for hydroxylation is 1. The summed E-state index contributed by atoms with van der Waals surface area (Å²) >= 11 is 3.54. The molecule has 2 heteroatoms. The highest BCUT2D eigenvalue weighted by molar-refractivity contribution is 9.10. The average molecular weight is 254 g/mol. The van der Waals surface area contributed by atoms with E-state index in [2.05, 4.69) is 46.4 Å². The molecule has 1 atom stereocenters. The minimum atomic E-state index is 0.586. The van der Waals surface area contributed by atoms with E-state index in [1.54, 1.807) is 0 Å². The molecule has 1 nitrogen and oxygen atoms in total. The average Bonchev–Trinajstić information content (AvgIpc) is 2.70. The zero-order chi connectivity index (χ0) is 9.97. The lowest BCUT2D eigenvalue weighted by atomic mass is 9.98. The summed E-state index contributed by atoms with van der Waals surface area (Å²) in [4.78, 5) is 0. The van der Waals surface area contributed by atoms with Crippen LogP contribution in [0.3, 0.4) is 0 Å². The van der Waals surface area contributed by atoms with Crippen LogP contribution in [-0.4, -0.2) is 6.54 Å². The first-order valence-corrected chi connectivity index (χ1v) is 6.12. The second-order valence-electron chi connectivity index (χ2n) is 3.85. The monoisotopic (exact) mass is 253 g/mol. The molecule has 2 rings (SSSR count). The van der Waals surface area contributed by atoms with E-state index in [0.29, 0.717) is 6.04 Å². The van der Waals surface area contributed by atoms with Crippen LogP contribution in [0.15, 0.2) is 22.7 Å². The lowest BCUT2D eigenvalue weighted by Crippen LogP contribution is -2.14. The Morgan fingerprint density at radius 2 is 2.36 bits per heavy atom. The summed E-state index contributed by atoms with van der Waals surface area (Å²) in [5.41, 5.74) is 2.96. The number of benzene rings is 1. The summed E-state index contributed by atoms with van der Waals surface area (Å²) in [6.07, 6.45) is 3.71. The Bertz CT molecular complexity index is 316. The molecule has 1 aromatic rings. The highest BCUT2D eigenvalue weighted by atomic mass is 79.9. The standard InChI is InChI=1S/C12H16BrN/c1-2-9-5-6-10(13)8-11(9)12-4-3-7-14-12/h5-6,8,12,14H,2-4,7H2,1H3. The van der Waals surface area contributed by atoms with Crippen molar-refractivity contribution < 1.29 is 0 Å². The first-order chi connectivity index (χ1) is 6.81. The van der Waals surface area contributed by atoms with Crippen LogP contribution < -0.4 is 5.32 Å². The molecule has 0 bridgehead atoms. The van der Waals surface area contributed by atoms with E-state index in [1.165, 1.54) is 35.0 Å². The lowest BCUT2D eigenvalue weighted by molar-refractivity contribution is 0.640. The van der Waals surface area contributed by atoms with Gasteiger partial charge in [-0.2, -0.15) is 0 Å². The maximum absolute atomic E-state index is 3.55. The molecule has 1 unspecified atom stereocenters. The number of hydrogen-bond donors (Lipinski definition) is 1. The molecule has 0 saturated carbocycles. The van der Waals surface area contributed by atoms with Crippen molar-refractivity contribution >= 4 is 15.9 Å². The van der Waals surface area contributed by atoms with Crippen molar-refractivity contribution in [2.75, 3.05) is 6.54 Å². The van der Waals surface area contributed by atoms with Crippen LogP contribution in [0.2, 0.25) is 0 Å². The second kappa shape index (κ2) is 4.45. The molecule has 1 N–H and O–H groups in total. The normalized spacial score (nSPS) is 21.4. The van der Waals surface area contributed by atoms with E-state index in [1.807, 2.05) is 0 Å². The number of rotatable bonds is 2. The molecule has 76 valence electrons. The van der Waals surface area contributed by atoms with E-state index in [-0.39, 0.29) is 0 Å². The second-order valence-corrected chi connectivity index (χ2v) is 4.76. The first kappa shape index (κ1) is 10.2. The number of hydrogen-bond acceptors (Lipinski definition) is 1. The highest BCUT2D eigenvalue weighted by Gasteiger charge is 2.18. The predicted octanol–water partition coefficient (Wildman–Crippen LogP) is 3.44. The van der Waals surface area contributed by atoms with Gasteiger partial charge in [0.15, 0.2) is 0 Å². The van der Waals surface area contributed by atoms with Crippen molar-refractivity contribution in [3.63, 3.8) is 0 Å². The Hall–Kier alpha value is -0.340. The summed E-state index contributed by atoms with van der Waals surface area (Å²) < 4.78 is 1.19. The fourth-order valence-electron chi connectivity index (χ4n) is 2.16. The van der Waals surface area contributed by atoms with Gasteiger partial charge in [0.1, 0.15) is 0 Å². The van der Waals surface area contributed by atoms with Crippen LogP contribution in [0.25, 0.3) is 0 Å². The first-order valence-electron chi connectivity index (χ1n) is 5.33. The fraction of sp³-hybridized carbons (Fsp3) is 0.500. The summed E-state index contributed by atoms with van der Waals surface area (Å²) in [7, 11) is 0. The molecule has 0 amide bonds. The summed E-state index contributed by atoms with van der Waals surface area (Å²) in [5.74, 6) is 0. The van der Waals surface area contributed by atoms with Crippen molar-refractivity contribution in [2.24, 2.45) is 0 Å². The molecular weight excluding hydrogens is 238 g/mol. The van der Waals surface area contributed by atoms with Gasteiger partial charge in [0.25, 0.3) is 0 Å². The van der Waals surface area contributed by atoms with Crippen LogP contribution >= 0.6 is 15.9 Å². The number of nitrogens with one attached hydrogen (secondary N) is 1. The van der Waals surface area contributed by atoms with Crippen LogP contribution in [0, 0.1) is 0 Å². The minimum absolute atomic E-state index is 0.586. The van der Waals surface area contributed by atoms with Crippen molar-refractivity contribution in [2.45, 2.75) is 32.2 Å². The Labute approximate surface area is 94.0 Å². The molecule has 0 spiro atoms. The van der Waals surface area contributed by atoms with Gasteiger partial charge >= 0.3 is 0 Å². The van der Waals surface area contributed by atoms with Crippen LogP contribution in [0.1, 0.15) is 36.9 Å². The molecule has 1 aromatic carbocycles. The Morgan fingerprint density at radius 3 is 3.00 bits per heavy atom. The van der Waals surface area contributed by atoms with E-state index in [4.69, 9.17) is 0 Å². The topological polar surface area (TPSA) is 12.0 Å². The van der Waals surface area contributed by atoms with Crippen molar-refractivity contribution in [1.82, 2.24) is 5.32 Å². The molecule has 1 fully saturated rings. The zero-order valence-corrected chi connectivity index (χ0v) is 10.1. The maximum atomic E-state index is 3.55. The Kier molecular flexibility index (Phi) is 3.24. The third kappa shape index (κ3) is 2.01. The molecule has 0 aliphatic carbocycles. The van der Waals surface area contributed by atoms with Gasteiger partial charge in [-0.05, 0) is 49.1 Å². The third-order valence-electron chi connectivity index (χ3n) is 2.92. The van der Waals surface area contributed by atoms with E-state index >= 15 is 0 Å². The van der Waals surface area contributed by atoms with E-state index in [0.717, 1.165) is 6.42 Å². The van der Waals surface area contributed by atoms with Gasteiger partial charge in [-0.15, -0.1) is 0 Å². The molecule has 14 heavy (non-hydrogen) atoms. The van der Waals surface area contributed by atoms with Crippen molar-refractivity contribution in [1.29, 1.82) is 0 Å². The summed E-state index contributed by atoms with van der Waals surface area (Å²) in [5, 5.41) is 3.55. The largest absolute Gasteiger partial charge is 0.310 e. The van der Waals surface area contributed by atoms with E-state index < -0.39 is 0 Å². The predicted molar refractivity (Wildman–Crippen MR) is 63.5 cm³/mol. The maximum Gasteiger partial charge on any atom is 0.0323 e. The van der Waals surface area contributed by atoms with Crippen LogP contribution in [-0.2, 0) is 6.42 Å². The number of halogens is 1. The summed E-state index contributed by atoms with van der Waals surface area (Å²) in [6, 6.07) is 7.22. The smallest absolute Gasteiger partial charge is 0.0323 e. The Morgan fingerprint density at radius 1 is 1.50 bits per heavy atom. The molecular formula is C12H16BrN. The molecule has 0 aromatic heterocycles. The molecule has 1 aliphatic heterocycles. The van der Waals surface area contributed by atoms with Crippen LogP contribution in [0.5, 0.6) is 0 Å². The van der Waals surface area contributed by atoms with Gasteiger partial charge in [0, 0.05) is 10.5 Å². The van der Waals surface area contributed by atoms with Crippen LogP contribution in [0.4, 0.5) is 0 Å². The third-order valence-corrected chi connectivity index (χ3v) is 3.42. The van der Waals surface area contributed by atoms with Crippen molar-refractivity contribution in [3.05, 3.63) is 33.8 Å². The van der Waals surface area contributed by atoms with Gasteiger partial charge < -0.3 is 5.32 Å². The van der Waals surface area contributed by atoms with E-state index in [9.17, 15) is 0 Å². The minimum Gasteiger partial charge on any atom is -0.310 e. The quantitative estimate of drug-likeness (QED) is 0.852. The fourth-order valence-corrected chi connectivity index (χ4v) is 2.54. The summed E-state index contributed by atoms with van der Waals surface area (Å²) in [6.45, 7) is 3.39. The van der Waals surface area contributed by atoms with Gasteiger partial charge in [-0.25, -0.2) is 0 Å². The zero-order valence-electron chi connectivity index (χ0n) is 8.52. The SMILES string of the molecule is CCc1ccc(Br)cc1C1CCCN1. The van der Waals surface area contributed by atoms with Gasteiger partial charge in [0.05, 0.1) is 0 Å². The van der Waals surface area contributed by atoms with Crippen molar-refractivity contribution in [3.8, 4) is 0 Å². The molecule has 1 aliphatic rings. The lowest BCUT2D eigenvalue weighted by Gasteiger charge is -2.15.